The number of methoxy groups -OCH3 is 1. The van der Waals surface area contributed by atoms with Crippen molar-refractivity contribution in [3.8, 4) is 5.75 Å². The zero-order chi connectivity index (χ0) is 14.8. The van der Waals surface area contributed by atoms with Gasteiger partial charge >= 0.3 is 0 Å². The van der Waals surface area contributed by atoms with Gasteiger partial charge in [-0.05, 0) is 49.6 Å². The van der Waals surface area contributed by atoms with E-state index < -0.39 is 10.8 Å². The third-order valence-electron chi connectivity index (χ3n) is 4.50. The molecule has 1 aromatic rings. The van der Waals surface area contributed by atoms with Crippen LogP contribution >= 0.6 is 0 Å². The summed E-state index contributed by atoms with van der Waals surface area (Å²) in [5, 5.41) is 3.46. The molecule has 0 amide bonds. The summed E-state index contributed by atoms with van der Waals surface area (Å²) in [5.41, 5.74) is 2.50. The maximum absolute atomic E-state index is 12.8. The highest BCUT2D eigenvalue weighted by molar-refractivity contribution is 7.85. The molecule has 0 bridgehead atoms. The Morgan fingerprint density at radius 1 is 1.48 bits per heavy atom. The van der Waals surface area contributed by atoms with Crippen molar-refractivity contribution in [3.63, 3.8) is 0 Å². The molecule has 4 atom stereocenters. The molecule has 1 aromatic carbocycles. The second-order valence-corrected chi connectivity index (χ2v) is 7.46. The lowest BCUT2D eigenvalue weighted by Crippen LogP contribution is -2.33. The van der Waals surface area contributed by atoms with Crippen LogP contribution in [0.5, 0.6) is 5.75 Å². The molecule has 1 N–H and O–H groups in total. The summed E-state index contributed by atoms with van der Waals surface area (Å²) < 4.78 is 23.7. The molecular weight excluding hydrogens is 286 g/mol. The number of fused-ring (bicyclic) bond motifs is 1. The number of nitrogens with one attached hydrogen (secondary N) is 1. The van der Waals surface area contributed by atoms with E-state index in [0.717, 1.165) is 31.6 Å². The van der Waals surface area contributed by atoms with Crippen LogP contribution in [0.2, 0.25) is 0 Å². The first-order valence-corrected chi connectivity index (χ1v) is 8.94. The molecule has 0 aromatic heterocycles. The van der Waals surface area contributed by atoms with Crippen molar-refractivity contribution >= 4 is 10.8 Å². The Morgan fingerprint density at radius 3 is 3.00 bits per heavy atom. The van der Waals surface area contributed by atoms with Gasteiger partial charge in [0, 0.05) is 23.4 Å². The van der Waals surface area contributed by atoms with Crippen molar-refractivity contribution in [1.29, 1.82) is 0 Å². The van der Waals surface area contributed by atoms with Crippen molar-refractivity contribution in [1.82, 2.24) is 5.32 Å². The minimum Gasteiger partial charge on any atom is -0.497 e. The highest BCUT2D eigenvalue weighted by Gasteiger charge is 2.36. The molecule has 0 radical (unpaired) electrons. The minimum atomic E-state index is -0.878. The zero-order valence-electron chi connectivity index (χ0n) is 12.6. The monoisotopic (exact) mass is 309 g/mol. The van der Waals surface area contributed by atoms with Crippen LogP contribution in [0.4, 0.5) is 0 Å². The molecule has 1 heterocycles. The van der Waals surface area contributed by atoms with Crippen molar-refractivity contribution in [2.24, 2.45) is 0 Å². The lowest BCUT2D eigenvalue weighted by molar-refractivity contribution is 0.128. The molecule has 3 rings (SSSR count). The molecule has 0 saturated carbocycles. The largest absolute Gasteiger partial charge is 0.497 e. The molecule has 1 saturated heterocycles. The summed E-state index contributed by atoms with van der Waals surface area (Å²) in [4.78, 5) is 0. The van der Waals surface area contributed by atoms with Gasteiger partial charge in [0.15, 0.2) is 0 Å². The van der Waals surface area contributed by atoms with E-state index in [-0.39, 0.29) is 17.4 Å². The van der Waals surface area contributed by atoms with E-state index in [9.17, 15) is 4.21 Å². The van der Waals surface area contributed by atoms with Crippen molar-refractivity contribution in [2.45, 2.75) is 36.7 Å². The highest BCUT2D eigenvalue weighted by Crippen LogP contribution is 2.37. The SMILES string of the molecule is CNC1c2cc(OC)ccc2CC1S(=O)CC1CCCO1. The number of rotatable bonds is 5. The van der Waals surface area contributed by atoms with Gasteiger partial charge in [-0.1, -0.05) is 6.07 Å². The predicted molar refractivity (Wildman–Crippen MR) is 84.3 cm³/mol. The second-order valence-electron chi connectivity index (χ2n) is 5.76. The van der Waals surface area contributed by atoms with Gasteiger partial charge in [0.25, 0.3) is 0 Å². The molecule has 1 aliphatic carbocycles. The van der Waals surface area contributed by atoms with Gasteiger partial charge in [-0.25, -0.2) is 0 Å². The van der Waals surface area contributed by atoms with Crippen LogP contribution in [-0.4, -0.2) is 42.1 Å². The lowest BCUT2D eigenvalue weighted by atomic mass is 10.1. The summed E-state index contributed by atoms with van der Waals surface area (Å²) in [7, 11) is 2.74. The summed E-state index contributed by atoms with van der Waals surface area (Å²) >= 11 is 0. The van der Waals surface area contributed by atoms with Crippen LogP contribution in [0.25, 0.3) is 0 Å². The fourth-order valence-corrected chi connectivity index (χ4v) is 5.21. The van der Waals surface area contributed by atoms with Crippen LogP contribution in [0.15, 0.2) is 18.2 Å². The third kappa shape index (κ3) is 3.00. The van der Waals surface area contributed by atoms with Gasteiger partial charge < -0.3 is 14.8 Å². The third-order valence-corrected chi connectivity index (χ3v) is 6.32. The predicted octanol–water partition coefficient (Wildman–Crippen LogP) is 1.81. The van der Waals surface area contributed by atoms with Crippen molar-refractivity contribution in [2.75, 3.05) is 26.5 Å². The van der Waals surface area contributed by atoms with Crippen molar-refractivity contribution in [3.05, 3.63) is 29.3 Å². The molecule has 5 heteroatoms. The highest BCUT2D eigenvalue weighted by atomic mass is 32.2. The van der Waals surface area contributed by atoms with Gasteiger partial charge in [-0.3, -0.25) is 4.21 Å². The van der Waals surface area contributed by atoms with E-state index in [1.54, 1.807) is 7.11 Å². The van der Waals surface area contributed by atoms with E-state index in [1.165, 1.54) is 11.1 Å². The number of benzene rings is 1. The topological polar surface area (TPSA) is 47.6 Å². The van der Waals surface area contributed by atoms with Crippen LogP contribution in [-0.2, 0) is 22.0 Å². The van der Waals surface area contributed by atoms with Gasteiger partial charge in [0.2, 0.25) is 0 Å². The summed E-state index contributed by atoms with van der Waals surface area (Å²) in [6, 6.07) is 6.29. The Kier molecular flexibility index (Phi) is 4.62. The lowest BCUT2D eigenvalue weighted by Gasteiger charge is -2.21. The Labute approximate surface area is 128 Å². The zero-order valence-corrected chi connectivity index (χ0v) is 13.4. The Morgan fingerprint density at radius 2 is 2.33 bits per heavy atom. The van der Waals surface area contributed by atoms with Crippen LogP contribution in [0, 0.1) is 0 Å². The van der Waals surface area contributed by atoms with Gasteiger partial charge in [-0.15, -0.1) is 0 Å². The summed E-state index contributed by atoms with van der Waals surface area (Å²) in [6.07, 6.45) is 3.19. The Hall–Kier alpha value is -0.910. The molecule has 1 fully saturated rings. The van der Waals surface area contributed by atoms with Gasteiger partial charge in [0.05, 0.1) is 24.2 Å². The number of ether oxygens (including phenoxy) is 2. The van der Waals surface area contributed by atoms with E-state index in [1.807, 2.05) is 13.1 Å². The second kappa shape index (κ2) is 6.46. The van der Waals surface area contributed by atoms with Crippen LogP contribution in [0.3, 0.4) is 0 Å². The molecule has 0 spiro atoms. The van der Waals surface area contributed by atoms with E-state index >= 15 is 0 Å². The molecular formula is C16H23NO3S. The first-order chi connectivity index (χ1) is 10.2. The quantitative estimate of drug-likeness (QED) is 0.901. The van der Waals surface area contributed by atoms with E-state index in [2.05, 4.69) is 17.4 Å². The van der Waals surface area contributed by atoms with E-state index in [4.69, 9.17) is 9.47 Å². The molecule has 4 nitrogen and oxygen atoms in total. The molecule has 116 valence electrons. The fourth-order valence-electron chi connectivity index (χ4n) is 3.38. The summed E-state index contributed by atoms with van der Waals surface area (Å²) in [5.74, 6) is 1.52. The smallest absolute Gasteiger partial charge is 0.119 e. The minimum absolute atomic E-state index is 0.126. The average Bonchev–Trinajstić information content (AvgIpc) is 3.12. The first kappa shape index (κ1) is 15.0. The van der Waals surface area contributed by atoms with Gasteiger partial charge in [-0.2, -0.15) is 0 Å². The van der Waals surface area contributed by atoms with Crippen LogP contribution in [0.1, 0.15) is 30.0 Å². The maximum atomic E-state index is 12.8. The van der Waals surface area contributed by atoms with E-state index in [0.29, 0.717) is 5.75 Å². The van der Waals surface area contributed by atoms with Crippen LogP contribution < -0.4 is 10.1 Å². The maximum Gasteiger partial charge on any atom is 0.119 e. The number of hydrogen-bond donors (Lipinski definition) is 1. The average molecular weight is 309 g/mol. The Balaban J connectivity index is 1.76. The molecule has 2 aliphatic rings. The molecule has 1 aliphatic heterocycles. The van der Waals surface area contributed by atoms with Gasteiger partial charge in [0.1, 0.15) is 5.75 Å². The standard InChI is InChI=1S/C16H23NO3S/c1-17-16-14-9-12(19-2)6-5-11(14)8-15(16)21(18)10-13-4-3-7-20-13/h5-6,9,13,15-17H,3-4,7-8,10H2,1-2H3. The number of hydrogen-bond acceptors (Lipinski definition) is 4. The molecule has 21 heavy (non-hydrogen) atoms. The normalized spacial score (nSPS) is 29.3. The summed E-state index contributed by atoms with van der Waals surface area (Å²) in [6.45, 7) is 0.819. The molecule has 4 unspecified atom stereocenters. The fraction of sp³-hybridized carbons (Fsp3) is 0.625. The van der Waals surface area contributed by atoms with Crippen molar-refractivity contribution < 1.29 is 13.7 Å². The Bertz CT molecular complexity index is 528. The first-order valence-electron chi connectivity index (χ1n) is 7.55.